The summed E-state index contributed by atoms with van der Waals surface area (Å²) in [6.07, 6.45) is 2.75. The van der Waals surface area contributed by atoms with E-state index in [-0.39, 0.29) is 0 Å². The summed E-state index contributed by atoms with van der Waals surface area (Å²) in [7, 11) is 0. The molecule has 0 aliphatic carbocycles. The van der Waals surface area contributed by atoms with Gasteiger partial charge in [0.1, 0.15) is 0 Å². The van der Waals surface area contributed by atoms with Gasteiger partial charge >= 0.3 is 5.97 Å². The lowest BCUT2D eigenvalue weighted by molar-refractivity contribution is -0.131. The number of carbonyl (C=O) groups is 1. The predicted molar refractivity (Wildman–Crippen MR) is 76.9 cm³/mol. The van der Waals surface area contributed by atoms with Gasteiger partial charge in [-0.1, -0.05) is 17.7 Å². The quantitative estimate of drug-likeness (QED) is 0.865. The summed E-state index contributed by atoms with van der Waals surface area (Å²) in [5.41, 5.74) is 3.87. The molecule has 1 heterocycles. The van der Waals surface area contributed by atoms with Crippen molar-refractivity contribution in [2.45, 2.75) is 13.8 Å². The zero-order chi connectivity index (χ0) is 14.0. The number of nitrogens with zero attached hydrogens (tertiary/aromatic N) is 1. The van der Waals surface area contributed by atoms with Gasteiger partial charge in [-0.25, -0.2) is 4.79 Å². The normalized spacial score (nSPS) is 11.1. The summed E-state index contributed by atoms with van der Waals surface area (Å²) in [6, 6.07) is 9.52. The second-order valence-corrected chi connectivity index (χ2v) is 4.75. The molecule has 98 valence electrons. The van der Waals surface area contributed by atoms with Crippen LogP contribution in [0.2, 0.25) is 5.02 Å². The van der Waals surface area contributed by atoms with Crippen molar-refractivity contribution in [3.63, 3.8) is 0 Å². The van der Waals surface area contributed by atoms with E-state index in [1.807, 2.05) is 48.7 Å². The van der Waals surface area contributed by atoms with E-state index in [1.54, 1.807) is 6.08 Å². The Morgan fingerprint density at radius 3 is 2.68 bits per heavy atom. The van der Waals surface area contributed by atoms with Crippen molar-refractivity contribution in [2.75, 3.05) is 0 Å². The molecule has 1 aromatic carbocycles. The first-order valence-electron chi connectivity index (χ1n) is 5.85. The lowest BCUT2D eigenvalue weighted by atomic mass is 10.2. The summed E-state index contributed by atoms with van der Waals surface area (Å²) < 4.78 is 2.05. The van der Waals surface area contributed by atoms with Crippen LogP contribution in [0.15, 0.2) is 36.4 Å². The Morgan fingerprint density at radius 1 is 1.32 bits per heavy atom. The zero-order valence-corrected chi connectivity index (χ0v) is 11.5. The van der Waals surface area contributed by atoms with Gasteiger partial charge < -0.3 is 9.67 Å². The number of rotatable bonds is 3. The minimum Gasteiger partial charge on any atom is -0.478 e. The Labute approximate surface area is 116 Å². The Balaban J connectivity index is 2.51. The first kappa shape index (κ1) is 13.4. The number of benzene rings is 1. The molecule has 0 saturated heterocycles. The third kappa shape index (κ3) is 2.88. The fourth-order valence-corrected chi connectivity index (χ4v) is 2.31. The first-order chi connectivity index (χ1) is 8.99. The third-order valence-electron chi connectivity index (χ3n) is 2.94. The van der Waals surface area contributed by atoms with Crippen LogP contribution in [0.1, 0.15) is 17.0 Å². The number of aromatic nitrogens is 1. The van der Waals surface area contributed by atoms with Crippen LogP contribution in [-0.4, -0.2) is 15.6 Å². The van der Waals surface area contributed by atoms with Crippen LogP contribution in [0.5, 0.6) is 0 Å². The summed E-state index contributed by atoms with van der Waals surface area (Å²) in [5.74, 6) is -0.951. The smallest absolute Gasteiger partial charge is 0.328 e. The molecule has 0 atom stereocenters. The Bertz CT molecular complexity index is 656. The molecule has 1 aromatic heterocycles. The summed E-state index contributed by atoms with van der Waals surface area (Å²) >= 11 is 6.00. The standard InChI is InChI=1S/C15H14ClNO2/c1-10-8-12(6-7-15(18)19)11(2)17(10)14-5-3-4-13(16)9-14/h3-9H,1-2H3,(H,18,19). The van der Waals surface area contributed by atoms with Crippen molar-refractivity contribution in [3.8, 4) is 5.69 Å². The van der Waals surface area contributed by atoms with Crippen molar-refractivity contribution in [3.05, 3.63) is 58.4 Å². The number of aryl methyl sites for hydroxylation is 1. The molecule has 2 rings (SSSR count). The van der Waals surface area contributed by atoms with Crippen LogP contribution in [0.25, 0.3) is 11.8 Å². The number of carboxylic acids is 1. The number of carboxylic acid groups (broad SMARTS) is 1. The van der Waals surface area contributed by atoms with Crippen LogP contribution in [0.3, 0.4) is 0 Å². The third-order valence-corrected chi connectivity index (χ3v) is 3.18. The van der Waals surface area contributed by atoms with E-state index in [0.717, 1.165) is 28.7 Å². The molecular formula is C15H14ClNO2. The van der Waals surface area contributed by atoms with Gasteiger partial charge in [-0.3, -0.25) is 0 Å². The molecule has 0 spiro atoms. The van der Waals surface area contributed by atoms with E-state index in [1.165, 1.54) is 0 Å². The lowest BCUT2D eigenvalue weighted by Crippen LogP contribution is -1.98. The van der Waals surface area contributed by atoms with Crippen LogP contribution >= 0.6 is 11.6 Å². The highest BCUT2D eigenvalue weighted by Crippen LogP contribution is 2.23. The highest BCUT2D eigenvalue weighted by molar-refractivity contribution is 6.30. The Kier molecular flexibility index (Phi) is 3.76. The second kappa shape index (κ2) is 5.33. The van der Waals surface area contributed by atoms with Gasteiger partial charge in [-0.05, 0) is 49.8 Å². The average molecular weight is 276 g/mol. The van der Waals surface area contributed by atoms with Crippen LogP contribution in [0.4, 0.5) is 0 Å². The molecule has 19 heavy (non-hydrogen) atoms. The molecular weight excluding hydrogens is 262 g/mol. The highest BCUT2D eigenvalue weighted by atomic mass is 35.5. The van der Waals surface area contributed by atoms with E-state index in [9.17, 15) is 4.79 Å². The molecule has 3 nitrogen and oxygen atoms in total. The van der Waals surface area contributed by atoms with Crippen LogP contribution in [-0.2, 0) is 4.79 Å². The van der Waals surface area contributed by atoms with Gasteiger partial charge in [0, 0.05) is 28.2 Å². The number of hydrogen-bond acceptors (Lipinski definition) is 1. The van der Waals surface area contributed by atoms with Crippen molar-refractivity contribution in [1.29, 1.82) is 0 Å². The van der Waals surface area contributed by atoms with Gasteiger partial charge in [0.15, 0.2) is 0 Å². The van der Waals surface area contributed by atoms with Gasteiger partial charge in [0.25, 0.3) is 0 Å². The molecule has 4 heteroatoms. The van der Waals surface area contributed by atoms with Crippen molar-refractivity contribution >= 4 is 23.6 Å². The molecule has 2 aromatic rings. The molecule has 0 fully saturated rings. The summed E-state index contributed by atoms with van der Waals surface area (Å²) in [5, 5.41) is 9.36. The minimum absolute atomic E-state index is 0.674. The SMILES string of the molecule is Cc1cc(C=CC(=O)O)c(C)n1-c1cccc(Cl)c1. The van der Waals surface area contributed by atoms with Crippen molar-refractivity contribution in [1.82, 2.24) is 4.57 Å². The average Bonchev–Trinajstić information content (AvgIpc) is 2.62. The molecule has 0 aliphatic rings. The number of aliphatic carboxylic acids is 1. The van der Waals surface area contributed by atoms with Crippen LogP contribution < -0.4 is 0 Å². The number of halogens is 1. The second-order valence-electron chi connectivity index (χ2n) is 4.31. The fraction of sp³-hybridized carbons (Fsp3) is 0.133. The van der Waals surface area contributed by atoms with E-state index in [0.29, 0.717) is 5.02 Å². The van der Waals surface area contributed by atoms with Gasteiger partial charge in [0.2, 0.25) is 0 Å². The summed E-state index contributed by atoms with van der Waals surface area (Å²) in [6.45, 7) is 3.93. The molecule has 0 bridgehead atoms. The Morgan fingerprint density at radius 2 is 2.05 bits per heavy atom. The molecule has 0 saturated carbocycles. The molecule has 0 radical (unpaired) electrons. The molecule has 0 unspecified atom stereocenters. The maximum absolute atomic E-state index is 10.6. The molecule has 1 N–H and O–H groups in total. The molecule has 0 amide bonds. The van der Waals surface area contributed by atoms with Crippen LogP contribution in [0, 0.1) is 13.8 Å². The van der Waals surface area contributed by atoms with Gasteiger partial charge in [-0.15, -0.1) is 0 Å². The predicted octanol–water partition coefficient (Wildman–Crippen LogP) is 3.85. The van der Waals surface area contributed by atoms with Crippen molar-refractivity contribution < 1.29 is 9.90 Å². The van der Waals surface area contributed by atoms with Crippen molar-refractivity contribution in [2.24, 2.45) is 0 Å². The van der Waals surface area contributed by atoms with E-state index in [4.69, 9.17) is 16.7 Å². The topological polar surface area (TPSA) is 42.2 Å². The maximum Gasteiger partial charge on any atom is 0.328 e. The monoisotopic (exact) mass is 275 g/mol. The maximum atomic E-state index is 10.6. The van der Waals surface area contributed by atoms with E-state index < -0.39 is 5.97 Å². The fourth-order valence-electron chi connectivity index (χ4n) is 2.13. The van der Waals surface area contributed by atoms with Gasteiger partial charge in [-0.2, -0.15) is 0 Å². The highest BCUT2D eigenvalue weighted by Gasteiger charge is 2.09. The van der Waals surface area contributed by atoms with Gasteiger partial charge in [0.05, 0.1) is 0 Å². The van der Waals surface area contributed by atoms with E-state index in [2.05, 4.69) is 0 Å². The lowest BCUT2D eigenvalue weighted by Gasteiger charge is -2.09. The van der Waals surface area contributed by atoms with E-state index >= 15 is 0 Å². The first-order valence-corrected chi connectivity index (χ1v) is 6.22. The number of hydrogen-bond donors (Lipinski definition) is 1. The Hall–Kier alpha value is -2.00. The minimum atomic E-state index is -0.951. The summed E-state index contributed by atoms with van der Waals surface area (Å²) in [4.78, 5) is 10.6. The largest absolute Gasteiger partial charge is 0.478 e. The molecule has 0 aliphatic heterocycles. The zero-order valence-electron chi connectivity index (χ0n) is 10.7.